The number of ether oxygens (including phenoxy) is 1. The zero-order valence-electron chi connectivity index (χ0n) is 12.7. The Balaban J connectivity index is 0.00000121. The second kappa shape index (κ2) is 9.68. The Morgan fingerprint density at radius 2 is 1.82 bits per heavy atom. The van der Waals surface area contributed by atoms with E-state index in [1.807, 2.05) is 6.07 Å². The first kappa shape index (κ1) is 19.7. The van der Waals surface area contributed by atoms with Crippen LogP contribution in [0.15, 0.2) is 24.3 Å². The van der Waals surface area contributed by atoms with E-state index in [2.05, 4.69) is 16.3 Å². The monoisotopic (exact) mass is 350 g/mol. The van der Waals surface area contributed by atoms with E-state index in [4.69, 9.17) is 4.74 Å². The Morgan fingerprint density at radius 3 is 2.45 bits per heavy atom. The molecule has 2 heterocycles. The molecule has 6 heteroatoms. The summed E-state index contributed by atoms with van der Waals surface area (Å²) in [6.45, 7) is 5.80. The van der Waals surface area contributed by atoms with Gasteiger partial charge < -0.3 is 10.1 Å². The molecular formula is C16H25Cl2FN2O. The Morgan fingerprint density at radius 1 is 1.14 bits per heavy atom. The van der Waals surface area contributed by atoms with E-state index in [1.165, 1.54) is 6.07 Å². The Labute approximate surface area is 144 Å². The summed E-state index contributed by atoms with van der Waals surface area (Å²) in [5, 5.41) is 3.39. The minimum atomic E-state index is -0.130. The molecule has 2 aliphatic heterocycles. The number of nitrogens with one attached hydrogen (secondary N) is 1. The van der Waals surface area contributed by atoms with Gasteiger partial charge in [-0.25, -0.2) is 4.39 Å². The maximum atomic E-state index is 13.6. The van der Waals surface area contributed by atoms with Crippen molar-refractivity contribution < 1.29 is 9.13 Å². The predicted octanol–water partition coefficient (Wildman–Crippen LogP) is 3.04. The van der Waals surface area contributed by atoms with E-state index < -0.39 is 0 Å². The minimum absolute atomic E-state index is 0. The van der Waals surface area contributed by atoms with Crippen LogP contribution in [0.25, 0.3) is 0 Å². The highest BCUT2D eigenvalue weighted by atomic mass is 35.5. The summed E-state index contributed by atoms with van der Waals surface area (Å²) >= 11 is 0. The van der Waals surface area contributed by atoms with Crippen molar-refractivity contribution in [3.63, 3.8) is 0 Å². The average Bonchev–Trinajstić information content (AvgIpc) is 2.50. The smallest absolute Gasteiger partial charge is 0.123 e. The number of rotatable bonds is 3. The normalized spacial score (nSPS) is 21.5. The van der Waals surface area contributed by atoms with Gasteiger partial charge in [-0.05, 0) is 36.5 Å². The zero-order valence-corrected chi connectivity index (χ0v) is 14.3. The number of hydrogen-bond donors (Lipinski definition) is 1. The van der Waals surface area contributed by atoms with Crippen molar-refractivity contribution in [2.24, 2.45) is 5.92 Å². The first-order valence-corrected chi connectivity index (χ1v) is 7.62. The van der Waals surface area contributed by atoms with Crippen LogP contribution in [0.1, 0.15) is 24.4 Å². The van der Waals surface area contributed by atoms with Gasteiger partial charge in [0.15, 0.2) is 0 Å². The summed E-state index contributed by atoms with van der Waals surface area (Å²) in [6.07, 6.45) is 2.15. The second-order valence-corrected chi connectivity index (χ2v) is 5.74. The fraction of sp³-hybridized carbons (Fsp3) is 0.625. The maximum Gasteiger partial charge on any atom is 0.123 e. The van der Waals surface area contributed by atoms with Crippen molar-refractivity contribution in [1.82, 2.24) is 10.2 Å². The molecule has 0 aliphatic carbocycles. The molecule has 0 aromatic heterocycles. The molecule has 3 nitrogen and oxygen atoms in total. The first-order valence-electron chi connectivity index (χ1n) is 7.62. The number of nitrogens with zero attached hydrogens (tertiary/aromatic N) is 1. The van der Waals surface area contributed by atoms with Crippen LogP contribution in [0, 0.1) is 11.7 Å². The van der Waals surface area contributed by atoms with E-state index in [0.29, 0.717) is 12.0 Å². The summed E-state index contributed by atoms with van der Waals surface area (Å²) in [6, 6.07) is 7.48. The topological polar surface area (TPSA) is 24.5 Å². The number of hydrogen-bond acceptors (Lipinski definition) is 3. The van der Waals surface area contributed by atoms with Gasteiger partial charge in [-0.3, -0.25) is 4.90 Å². The number of halogens is 3. The fourth-order valence-corrected chi connectivity index (χ4v) is 3.46. The third-order valence-corrected chi connectivity index (χ3v) is 4.45. The number of piperazine rings is 1. The lowest BCUT2D eigenvalue weighted by atomic mass is 9.85. The standard InChI is InChI=1S/C16H23FN2O.2ClH/c17-15-3-1-2-14(12-15)16(13-4-10-20-11-5-13)19-8-6-18-7-9-19;;/h1-3,12-13,16,18H,4-11H2;2*1H/t16-;;/m0../s1. The first-order chi connectivity index (χ1) is 9.84. The second-order valence-electron chi connectivity index (χ2n) is 5.74. The molecule has 0 amide bonds. The van der Waals surface area contributed by atoms with E-state index in [-0.39, 0.29) is 30.6 Å². The molecule has 0 bridgehead atoms. The molecule has 0 saturated carbocycles. The lowest BCUT2D eigenvalue weighted by Gasteiger charge is -2.41. The summed E-state index contributed by atoms with van der Waals surface area (Å²) in [4.78, 5) is 2.52. The fourth-order valence-electron chi connectivity index (χ4n) is 3.46. The van der Waals surface area contributed by atoms with E-state index in [9.17, 15) is 4.39 Å². The molecule has 0 spiro atoms. The van der Waals surface area contributed by atoms with Crippen LogP contribution in [-0.2, 0) is 4.74 Å². The SMILES string of the molecule is Cl.Cl.Fc1cccc([C@H](C2CCOCC2)N2CCNCC2)c1. The largest absolute Gasteiger partial charge is 0.381 e. The van der Waals surface area contributed by atoms with Crippen LogP contribution in [0.2, 0.25) is 0 Å². The van der Waals surface area contributed by atoms with Crippen molar-refractivity contribution in [1.29, 1.82) is 0 Å². The number of benzene rings is 1. The molecule has 22 heavy (non-hydrogen) atoms. The van der Waals surface area contributed by atoms with Crippen molar-refractivity contribution in [2.75, 3.05) is 39.4 Å². The maximum absolute atomic E-state index is 13.6. The summed E-state index contributed by atoms with van der Waals surface area (Å²) in [5.41, 5.74) is 1.12. The molecule has 3 rings (SSSR count). The lowest BCUT2D eigenvalue weighted by molar-refractivity contribution is 0.0212. The highest BCUT2D eigenvalue weighted by molar-refractivity contribution is 5.85. The molecular weight excluding hydrogens is 326 g/mol. The van der Waals surface area contributed by atoms with Crippen LogP contribution in [0.4, 0.5) is 4.39 Å². The van der Waals surface area contributed by atoms with Gasteiger partial charge in [-0.15, -0.1) is 24.8 Å². The lowest BCUT2D eigenvalue weighted by Crippen LogP contribution is -2.47. The average molecular weight is 351 g/mol. The predicted molar refractivity (Wildman–Crippen MR) is 91.6 cm³/mol. The van der Waals surface area contributed by atoms with Crippen LogP contribution in [0.5, 0.6) is 0 Å². The van der Waals surface area contributed by atoms with Crippen LogP contribution >= 0.6 is 24.8 Å². The Hall–Kier alpha value is -0.390. The summed E-state index contributed by atoms with van der Waals surface area (Å²) < 4.78 is 19.1. The summed E-state index contributed by atoms with van der Waals surface area (Å²) in [5.74, 6) is 0.443. The van der Waals surface area contributed by atoms with E-state index in [0.717, 1.165) is 57.8 Å². The van der Waals surface area contributed by atoms with Gasteiger partial charge in [-0.1, -0.05) is 12.1 Å². The molecule has 1 aromatic carbocycles. The van der Waals surface area contributed by atoms with Crippen molar-refractivity contribution in [3.05, 3.63) is 35.6 Å². The molecule has 126 valence electrons. The third kappa shape index (κ3) is 4.80. The van der Waals surface area contributed by atoms with Crippen LogP contribution < -0.4 is 5.32 Å². The van der Waals surface area contributed by atoms with Gasteiger partial charge >= 0.3 is 0 Å². The molecule has 1 atom stereocenters. The quantitative estimate of drug-likeness (QED) is 0.906. The van der Waals surface area contributed by atoms with Gasteiger partial charge in [0.25, 0.3) is 0 Å². The third-order valence-electron chi connectivity index (χ3n) is 4.45. The van der Waals surface area contributed by atoms with Crippen LogP contribution in [0.3, 0.4) is 0 Å². The highest BCUT2D eigenvalue weighted by Crippen LogP contribution is 2.35. The molecule has 1 aromatic rings. The minimum Gasteiger partial charge on any atom is -0.381 e. The molecule has 0 radical (unpaired) electrons. The van der Waals surface area contributed by atoms with Crippen molar-refractivity contribution in [2.45, 2.75) is 18.9 Å². The molecule has 0 unspecified atom stereocenters. The van der Waals surface area contributed by atoms with E-state index in [1.54, 1.807) is 6.07 Å². The van der Waals surface area contributed by atoms with Gasteiger partial charge in [0.05, 0.1) is 0 Å². The Bertz CT molecular complexity index is 420. The molecule has 2 aliphatic rings. The van der Waals surface area contributed by atoms with Crippen molar-refractivity contribution >= 4 is 24.8 Å². The van der Waals surface area contributed by atoms with Gasteiger partial charge in [0.1, 0.15) is 5.82 Å². The van der Waals surface area contributed by atoms with Gasteiger partial charge in [0.2, 0.25) is 0 Å². The van der Waals surface area contributed by atoms with E-state index >= 15 is 0 Å². The van der Waals surface area contributed by atoms with Gasteiger partial charge in [0, 0.05) is 45.4 Å². The van der Waals surface area contributed by atoms with Gasteiger partial charge in [-0.2, -0.15) is 0 Å². The van der Waals surface area contributed by atoms with Crippen molar-refractivity contribution in [3.8, 4) is 0 Å². The zero-order chi connectivity index (χ0) is 13.8. The highest BCUT2D eigenvalue weighted by Gasteiger charge is 2.31. The summed E-state index contributed by atoms with van der Waals surface area (Å²) in [7, 11) is 0. The molecule has 2 fully saturated rings. The molecule has 2 saturated heterocycles. The Kier molecular flexibility index (Phi) is 8.65. The molecule has 1 N–H and O–H groups in total. The van der Waals surface area contributed by atoms with Crippen LogP contribution in [-0.4, -0.2) is 44.3 Å².